The van der Waals surface area contributed by atoms with Crippen molar-refractivity contribution >= 4 is 29.3 Å². The highest BCUT2D eigenvalue weighted by atomic mass is 16.5. The highest BCUT2D eigenvalue weighted by molar-refractivity contribution is 6.04. The van der Waals surface area contributed by atoms with Crippen molar-refractivity contribution in [1.82, 2.24) is 9.97 Å². The van der Waals surface area contributed by atoms with Crippen molar-refractivity contribution in [3.63, 3.8) is 0 Å². The van der Waals surface area contributed by atoms with Crippen molar-refractivity contribution in [3.05, 3.63) is 70.5 Å². The molecule has 3 N–H and O–H groups in total. The number of anilines is 3. The normalized spacial score (nSPS) is 21.3. The smallest absolute Gasteiger partial charge is 0.258 e. The quantitative estimate of drug-likeness (QED) is 0.491. The van der Waals surface area contributed by atoms with E-state index in [0.29, 0.717) is 23.1 Å². The molecule has 9 heteroatoms. The summed E-state index contributed by atoms with van der Waals surface area (Å²) >= 11 is 0. The van der Waals surface area contributed by atoms with Crippen molar-refractivity contribution < 1.29 is 14.3 Å². The maximum atomic E-state index is 13.2. The summed E-state index contributed by atoms with van der Waals surface area (Å²) in [6.07, 6.45) is 2.98. The van der Waals surface area contributed by atoms with Gasteiger partial charge in [0.2, 0.25) is 17.8 Å². The largest absolute Gasteiger partial charge is 0.457 e. The van der Waals surface area contributed by atoms with Gasteiger partial charge in [0.15, 0.2) is 0 Å². The van der Waals surface area contributed by atoms with E-state index in [-0.39, 0.29) is 35.8 Å². The fraction of sp³-hybridized carbons (Fsp3) is 0.333. The molecule has 1 aromatic heterocycles. The summed E-state index contributed by atoms with van der Waals surface area (Å²) in [6.45, 7) is 4.19. The minimum Gasteiger partial charge on any atom is -0.457 e. The number of hydrogen-bond acceptors (Lipinski definition) is 6. The van der Waals surface area contributed by atoms with Gasteiger partial charge in [-0.05, 0) is 69.5 Å². The molecule has 9 nitrogen and oxygen atoms in total. The molecule has 0 aliphatic carbocycles. The third-order valence-electron chi connectivity index (χ3n) is 6.79. The maximum absolute atomic E-state index is 13.2. The second kappa shape index (κ2) is 9.85. The van der Waals surface area contributed by atoms with E-state index in [4.69, 9.17) is 4.74 Å². The summed E-state index contributed by atoms with van der Waals surface area (Å²) < 4.78 is 5.78. The molecule has 1 saturated heterocycles. The molecule has 3 atom stereocenters. The Balaban J connectivity index is 1.36. The Morgan fingerprint density at radius 1 is 1.00 bits per heavy atom. The molecule has 0 spiro atoms. The molecule has 1 fully saturated rings. The van der Waals surface area contributed by atoms with Crippen LogP contribution in [0.2, 0.25) is 0 Å². The van der Waals surface area contributed by atoms with Gasteiger partial charge >= 0.3 is 0 Å². The molecule has 3 heterocycles. The van der Waals surface area contributed by atoms with Crippen molar-refractivity contribution in [2.75, 3.05) is 15.5 Å². The van der Waals surface area contributed by atoms with Crippen LogP contribution in [0.4, 0.5) is 17.5 Å². The van der Waals surface area contributed by atoms with E-state index < -0.39 is 17.4 Å². The summed E-state index contributed by atoms with van der Waals surface area (Å²) in [5.41, 5.74) is 0.300. The molecule has 2 amide bonds. The van der Waals surface area contributed by atoms with Crippen LogP contribution in [0.3, 0.4) is 0 Å². The van der Waals surface area contributed by atoms with Crippen molar-refractivity contribution in [2.45, 2.75) is 57.5 Å². The zero-order valence-electron chi connectivity index (χ0n) is 20.3. The Kier molecular flexibility index (Phi) is 6.45. The Morgan fingerprint density at radius 2 is 1.67 bits per heavy atom. The molecule has 3 aromatic rings. The number of hydrogen-bond donors (Lipinski definition) is 3. The van der Waals surface area contributed by atoms with Crippen LogP contribution in [0.15, 0.2) is 59.4 Å². The van der Waals surface area contributed by atoms with Crippen molar-refractivity contribution in [3.8, 4) is 11.5 Å². The molecular formula is C27H29N5O4. The van der Waals surface area contributed by atoms with Gasteiger partial charge in [0.25, 0.3) is 5.56 Å². The van der Waals surface area contributed by atoms with E-state index in [1.807, 2.05) is 30.3 Å². The highest BCUT2D eigenvalue weighted by Gasteiger charge is 2.36. The first-order chi connectivity index (χ1) is 17.4. The Morgan fingerprint density at radius 3 is 2.36 bits per heavy atom. The van der Waals surface area contributed by atoms with E-state index >= 15 is 0 Å². The van der Waals surface area contributed by atoms with Gasteiger partial charge < -0.3 is 20.3 Å². The first kappa shape index (κ1) is 23.6. The van der Waals surface area contributed by atoms with Gasteiger partial charge in [0, 0.05) is 24.2 Å². The minimum atomic E-state index is -0.949. The maximum Gasteiger partial charge on any atom is 0.258 e. The lowest BCUT2D eigenvalue weighted by Crippen LogP contribution is -2.46. The molecular weight excluding hydrogens is 458 g/mol. The number of fused-ring (bicyclic) bond motifs is 1. The zero-order chi connectivity index (χ0) is 25.2. The van der Waals surface area contributed by atoms with Gasteiger partial charge in [-0.25, -0.2) is 0 Å². The third kappa shape index (κ3) is 4.82. The van der Waals surface area contributed by atoms with Crippen LogP contribution in [0.1, 0.15) is 51.0 Å². The predicted octanol–water partition coefficient (Wildman–Crippen LogP) is 4.39. The van der Waals surface area contributed by atoms with Crippen LogP contribution in [-0.2, 0) is 9.59 Å². The Labute approximate surface area is 208 Å². The molecule has 0 bridgehead atoms. The topological polar surface area (TPSA) is 116 Å². The number of amides is 2. The Bertz CT molecular complexity index is 1310. The number of nitrogens with zero attached hydrogens (tertiary/aromatic N) is 2. The van der Waals surface area contributed by atoms with Crippen LogP contribution in [-0.4, -0.2) is 33.9 Å². The fourth-order valence-electron chi connectivity index (χ4n) is 5.00. The average molecular weight is 488 g/mol. The van der Waals surface area contributed by atoms with Gasteiger partial charge in [-0.1, -0.05) is 18.2 Å². The second-order valence-electron chi connectivity index (χ2n) is 9.42. The van der Waals surface area contributed by atoms with E-state index in [9.17, 15) is 14.4 Å². The summed E-state index contributed by atoms with van der Waals surface area (Å²) in [7, 11) is 0. The van der Waals surface area contributed by atoms with E-state index in [1.165, 1.54) is 0 Å². The van der Waals surface area contributed by atoms with Gasteiger partial charge in [-0.3, -0.25) is 19.4 Å². The molecule has 2 aliphatic rings. The lowest BCUT2D eigenvalue weighted by Gasteiger charge is -2.39. The lowest BCUT2D eigenvalue weighted by molar-refractivity contribution is -0.123. The average Bonchev–Trinajstić information content (AvgIpc) is 2.85. The van der Waals surface area contributed by atoms with E-state index in [0.717, 1.165) is 19.3 Å². The van der Waals surface area contributed by atoms with Crippen LogP contribution in [0.25, 0.3) is 0 Å². The zero-order valence-corrected chi connectivity index (χ0v) is 20.3. The minimum absolute atomic E-state index is 0.130. The number of para-hydroxylation sites is 1. The molecule has 5 rings (SSSR count). The van der Waals surface area contributed by atoms with Crippen LogP contribution in [0, 0.1) is 0 Å². The number of nitrogens with one attached hydrogen (secondary N) is 3. The number of carbonyl (C=O) groups is 2. The first-order valence-corrected chi connectivity index (χ1v) is 12.3. The summed E-state index contributed by atoms with van der Waals surface area (Å²) in [4.78, 5) is 48.3. The second-order valence-corrected chi connectivity index (χ2v) is 9.42. The number of benzene rings is 2. The lowest BCUT2D eigenvalue weighted by atomic mass is 9.92. The fourth-order valence-corrected chi connectivity index (χ4v) is 5.00. The van der Waals surface area contributed by atoms with Crippen molar-refractivity contribution in [2.24, 2.45) is 0 Å². The number of ether oxygens (including phenoxy) is 1. The molecule has 0 unspecified atom stereocenters. The molecule has 2 aromatic carbocycles. The van der Waals surface area contributed by atoms with E-state index in [1.54, 1.807) is 24.3 Å². The predicted molar refractivity (Wildman–Crippen MR) is 138 cm³/mol. The Hall–Kier alpha value is -4.14. The molecule has 0 radical (unpaired) electrons. The third-order valence-corrected chi connectivity index (χ3v) is 6.79. The standard InChI is InChI=1S/C27H29N5O4/c1-16-7-6-8-17(2)32(16)27-30-24-23(26(35)31-27)21(15-22(33)29-24)25(34)28-18-11-13-20(14-12-18)36-19-9-4-3-5-10-19/h3-5,9-14,16-17,21H,6-8,15H2,1-2H3,(H,28,34)(H2,29,30,31,33,35)/t16-,17-,21-/m0/s1. The monoisotopic (exact) mass is 487 g/mol. The van der Waals surface area contributed by atoms with Gasteiger partial charge in [0.05, 0.1) is 11.5 Å². The number of rotatable bonds is 5. The molecule has 186 valence electrons. The van der Waals surface area contributed by atoms with Gasteiger partial charge in [-0.15, -0.1) is 0 Å². The van der Waals surface area contributed by atoms with Crippen LogP contribution >= 0.6 is 0 Å². The summed E-state index contributed by atoms with van der Waals surface area (Å²) in [5.74, 6) is 0.168. The van der Waals surface area contributed by atoms with Gasteiger partial charge in [-0.2, -0.15) is 4.98 Å². The SMILES string of the molecule is C[C@H]1CCC[C@H](C)N1c1nc2c(c(=O)[nH]1)[C@@H](C(=O)Nc1ccc(Oc3ccccc3)cc1)CC(=O)N2. The number of piperidine rings is 1. The molecule has 36 heavy (non-hydrogen) atoms. The van der Waals surface area contributed by atoms with E-state index in [2.05, 4.69) is 39.3 Å². The molecule has 2 aliphatic heterocycles. The number of H-pyrrole nitrogens is 1. The van der Waals surface area contributed by atoms with Crippen molar-refractivity contribution in [1.29, 1.82) is 0 Å². The van der Waals surface area contributed by atoms with Gasteiger partial charge in [0.1, 0.15) is 17.3 Å². The van der Waals surface area contributed by atoms with Crippen LogP contribution in [0.5, 0.6) is 11.5 Å². The number of carbonyl (C=O) groups excluding carboxylic acids is 2. The molecule has 0 saturated carbocycles. The summed E-state index contributed by atoms with van der Waals surface area (Å²) in [6, 6.07) is 16.7. The number of aromatic nitrogens is 2. The number of aromatic amines is 1. The first-order valence-electron chi connectivity index (χ1n) is 12.3. The summed E-state index contributed by atoms with van der Waals surface area (Å²) in [5, 5.41) is 5.51. The highest BCUT2D eigenvalue weighted by Crippen LogP contribution is 2.33. The van der Waals surface area contributed by atoms with Crippen LogP contribution < -0.4 is 25.8 Å².